The zero-order valence-corrected chi connectivity index (χ0v) is 18.3. The van der Waals surface area contributed by atoms with Gasteiger partial charge >= 0.3 is 0 Å². The van der Waals surface area contributed by atoms with Crippen LogP contribution in [0.3, 0.4) is 0 Å². The molecule has 27 heavy (non-hydrogen) atoms. The Kier molecular flexibility index (Phi) is 15.4. The summed E-state index contributed by atoms with van der Waals surface area (Å²) in [6.07, 6.45) is 9.51. The summed E-state index contributed by atoms with van der Waals surface area (Å²) >= 11 is 0. The van der Waals surface area contributed by atoms with Crippen molar-refractivity contribution >= 4 is 0 Å². The van der Waals surface area contributed by atoms with Crippen molar-refractivity contribution in [1.82, 2.24) is 5.32 Å². The summed E-state index contributed by atoms with van der Waals surface area (Å²) in [6.45, 7) is 13.5. The first kappa shape index (κ1) is 24.8. The van der Waals surface area contributed by atoms with Gasteiger partial charge in [0, 0.05) is 32.2 Å². The minimum Gasteiger partial charge on any atom is -0.351 e. The first-order chi connectivity index (χ1) is 13.2. The van der Waals surface area contributed by atoms with E-state index in [4.69, 9.17) is 18.9 Å². The molecular formula is C22H45NO4. The third-order valence-corrected chi connectivity index (χ3v) is 5.15. The van der Waals surface area contributed by atoms with Crippen LogP contribution in [0.4, 0.5) is 0 Å². The Morgan fingerprint density at radius 1 is 0.815 bits per heavy atom. The molecule has 1 heterocycles. The molecule has 0 amide bonds. The molecule has 0 aromatic carbocycles. The van der Waals surface area contributed by atoms with Crippen LogP contribution in [0.2, 0.25) is 0 Å². The number of rotatable bonds is 18. The minimum atomic E-state index is -0.161. The van der Waals surface area contributed by atoms with Crippen molar-refractivity contribution in [2.45, 2.75) is 91.6 Å². The van der Waals surface area contributed by atoms with Gasteiger partial charge in [-0.15, -0.1) is 0 Å². The van der Waals surface area contributed by atoms with Gasteiger partial charge in [-0.2, -0.15) is 0 Å². The average Bonchev–Trinajstić information content (AvgIpc) is 3.18. The molecule has 0 aliphatic carbocycles. The summed E-state index contributed by atoms with van der Waals surface area (Å²) in [4.78, 5) is 0. The highest BCUT2D eigenvalue weighted by Crippen LogP contribution is 2.21. The van der Waals surface area contributed by atoms with Crippen LogP contribution in [0.1, 0.15) is 79.1 Å². The highest BCUT2D eigenvalue weighted by molar-refractivity contribution is 4.72. The first-order valence-corrected chi connectivity index (χ1v) is 11.4. The van der Waals surface area contributed by atoms with Gasteiger partial charge in [0.25, 0.3) is 0 Å². The van der Waals surface area contributed by atoms with Crippen molar-refractivity contribution in [2.75, 3.05) is 39.5 Å². The molecule has 0 radical (unpaired) electrons. The number of nitrogens with one attached hydrogen (secondary N) is 1. The van der Waals surface area contributed by atoms with Gasteiger partial charge in [-0.1, -0.05) is 66.2 Å². The molecule has 1 atom stereocenters. The Hall–Kier alpha value is -0.200. The number of ether oxygens (including phenoxy) is 4. The Bertz CT molecular complexity index is 307. The van der Waals surface area contributed by atoms with Crippen LogP contribution in [0.25, 0.3) is 0 Å². The fraction of sp³-hybridized carbons (Fsp3) is 1.00. The maximum atomic E-state index is 6.02. The molecule has 0 spiro atoms. The molecule has 0 aromatic heterocycles. The molecule has 1 unspecified atom stereocenters. The lowest BCUT2D eigenvalue weighted by Gasteiger charge is -2.27. The van der Waals surface area contributed by atoms with Gasteiger partial charge in [-0.3, -0.25) is 0 Å². The molecule has 1 fully saturated rings. The number of hydrogen-bond acceptors (Lipinski definition) is 5. The molecule has 0 bridgehead atoms. The largest absolute Gasteiger partial charge is 0.351 e. The van der Waals surface area contributed by atoms with Gasteiger partial charge in [-0.25, -0.2) is 0 Å². The van der Waals surface area contributed by atoms with Crippen LogP contribution in [0.15, 0.2) is 0 Å². The van der Waals surface area contributed by atoms with E-state index < -0.39 is 0 Å². The average molecular weight is 388 g/mol. The molecule has 162 valence electrons. The maximum absolute atomic E-state index is 6.02. The van der Waals surface area contributed by atoms with E-state index in [1.54, 1.807) is 0 Å². The van der Waals surface area contributed by atoms with Crippen LogP contribution >= 0.6 is 0 Å². The van der Waals surface area contributed by atoms with Gasteiger partial charge in [0.2, 0.25) is 0 Å². The Labute approximate surface area is 167 Å². The Balaban J connectivity index is 2.31. The van der Waals surface area contributed by atoms with Crippen molar-refractivity contribution in [3.05, 3.63) is 0 Å². The van der Waals surface area contributed by atoms with Gasteiger partial charge in [0.15, 0.2) is 12.6 Å². The molecule has 5 heteroatoms. The molecular weight excluding hydrogens is 342 g/mol. The topological polar surface area (TPSA) is 49.0 Å². The molecule has 1 aliphatic rings. The smallest absolute Gasteiger partial charge is 0.169 e. The van der Waals surface area contributed by atoms with E-state index >= 15 is 0 Å². The van der Waals surface area contributed by atoms with Crippen LogP contribution in [0.5, 0.6) is 0 Å². The fourth-order valence-electron chi connectivity index (χ4n) is 3.29. The predicted octanol–water partition coefficient (Wildman–Crippen LogP) is 4.74. The zero-order chi connectivity index (χ0) is 19.7. The highest BCUT2D eigenvalue weighted by atomic mass is 16.7. The van der Waals surface area contributed by atoms with E-state index in [1.165, 1.54) is 38.5 Å². The summed E-state index contributed by atoms with van der Waals surface area (Å²) < 4.78 is 23.5. The van der Waals surface area contributed by atoms with E-state index in [0.717, 1.165) is 39.1 Å². The summed E-state index contributed by atoms with van der Waals surface area (Å²) in [6, 6.07) is 0. The lowest BCUT2D eigenvalue weighted by atomic mass is 9.95. The molecule has 1 aliphatic heterocycles. The highest BCUT2D eigenvalue weighted by Gasteiger charge is 2.29. The standard InChI is InChI=1S/C22H45NO4/c1-5-7-9-11-13-24-21(25-14-12-10-8-6-2)18-23-17-20(19(3)4)22-26-15-16-27-22/h19-23H,5-18H2,1-4H3. The van der Waals surface area contributed by atoms with Crippen molar-refractivity contribution in [3.63, 3.8) is 0 Å². The van der Waals surface area contributed by atoms with Crippen LogP contribution in [-0.2, 0) is 18.9 Å². The number of unbranched alkanes of at least 4 members (excludes halogenated alkanes) is 6. The molecule has 1 N–H and O–H groups in total. The quantitative estimate of drug-likeness (QED) is 0.272. The van der Waals surface area contributed by atoms with Gasteiger partial charge in [-0.05, 0) is 18.8 Å². The molecule has 0 saturated carbocycles. The lowest BCUT2D eigenvalue weighted by molar-refractivity contribution is -0.143. The van der Waals surface area contributed by atoms with Crippen molar-refractivity contribution in [1.29, 1.82) is 0 Å². The Morgan fingerprint density at radius 2 is 1.37 bits per heavy atom. The third kappa shape index (κ3) is 12.1. The maximum Gasteiger partial charge on any atom is 0.169 e. The van der Waals surface area contributed by atoms with Crippen molar-refractivity contribution < 1.29 is 18.9 Å². The zero-order valence-electron chi connectivity index (χ0n) is 18.3. The summed E-state index contributed by atoms with van der Waals surface area (Å²) in [5, 5.41) is 3.54. The van der Waals surface area contributed by atoms with E-state index in [-0.39, 0.29) is 12.6 Å². The third-order valence-electron chi connectivity index (χ3n) is 5.15. The van der Waals surface area contributed by atoms with Gasteiger partial charge in [0.1, 0.15) is 0 Å². The normalized spacial score (nSPS) is 16.7. The van der Waals surface area contributed by atoms with Crippen LogP contribution in [-0.4, -0.2) is 52.1 Å². The second kappa shape index (κ2) is 16.7. The van der Waals surface area contributed by atoms with Crippen molar-refractivity contribution in [3.8, 4) is 0 Å². The van der Waals surface area contributed by atoms with E-state index in [1.807, 2.05) is 0 Å². The monoisotopic (exact) mass is 387 g/mol. The molecule has 5 nitrogen and oxygen atoms in total. The summed E-state index contributed by atoms with van der Waals surface area (Å²) in [5.74, 6) is 0.853. The first-order valence-electron chi connectivity index (χ1n) is 11.4. The lowest BCUT2D eigenvalue weighted by Crippen LogP contribution is -2.40. The predicted molar refractivity (Wildman–Crippen MR) is 111 cm³/mol. The van der Waals surface area contributed by atoms with E-state index in [0.29, 0.717) is 25.0 Å². The second-order valence-electron chi connectivity index (χ2n) is 7.97. The minimum absolute atomic E-state index is 0.0825. The van der Waals surface area contributed by atoms with Gasteiger partial charge < -0.3 is 24.3 Å². The van der Waals surface area contributed by atoms with Crippen LogP contribution < -0.4 is 5.32 Å². The second-order valence-corrected chi connectivity index (χ2v) is 7.97. The molecule has 1 saturated heterocycles. The van der Waals surface area contributed by atoms with Crippen LogP contribution in [0, 0.1) is 11.8 Å². The summed E-state index contributed by atoms with van der Waals surface area (Å²) in [7, 11) is 0. The van der Waals surface area contributed by atoms with Crippen molar-refractivity contribution in [2.24, 2.45) is 11.8 Å². The van der Waals surface area contributed by atoms with E-state index in [9.17, 15) is 0 Å². The number of hydrogen-bond donors (Lipinski definition) is 1. The molecule has 0 aromatic rings. The fourth-order valence-corrected chi connectivity index (χ4v) is 3.29. The van der Waals surface area contributed by atoms with E-state index in [2.05, 4.69) is 33.0 Å². The SMILES string of the molecule is CCCCCCOC(CNCC(C(C)C)C1OCCO1)OCCCCCC. The Morgan fingerprint density at radius 3 is 1.85 bits per heavy atom. The van der Waals surface area contributed by atoms with Gasteiger partial charge in [0.05, 0.1) is 13.2 Å². The summed E-state index contributed by atoms with van der Waals surface area (Å²) in [5.41, 5.74) is 0. The molecule has 1 rings (SSSR count).